The van der Waals surface area contributed by atoms with Crippen molar-refractivity contribution in [1.29, 1.82) is 10.5 Å². The predicted octanol–water partition coefficient (Wildman–Crippen LogP) is 1.87. The highest BCUT2D eigenvalue weighted by atomic mass is 16.7. The first kappa shape index (κ1) is 9.82. The van der Waals surface area contributed by atoms with Gasteiger partial charge in [0.15, 0.2) is 5.75 Å². The monoisotopic (exact) mass is 208 g/mol. The minimum Gasteiger partial charge on any atom is -0.374 e. The first-order chi connectivity index (χ1) is 7.83. The lowest BCUT2D eigenvalue weighted by Gasteiger charge is -2.06. The maximum atomic E-state index is 8.91. The van der Waals surface area contributed by atoms with Crippen LogP contribution in [-0.2, 0) is 0 Å². The van der Waals surface area contributed by atoms with Gasteiger partial charge in [-0.25, -0.2) is 0 Å². The molecule has 1 aromatic heterocycles. The third-order valence-corrected chi connectivity index (χ3v) is 1.95. The molecule has 0 atom stereocenters. The van der Waals surface area contributed by atoms with Gasteiger partial charge in [0.2, 0.25) is 0 Å². The van der Waals surface area contributed by atoms with Crippen molar-refractivity contribution in [1.82, 2.24) is 4.73 Å². The van der Waals surface area contributed by atoms with Gasteiger partial charge in [-0.2, -0.15) is 15.3 Å². The maximum absolute atomic E-state index is 8.91. The van der Waals surface area contributed by atoms with Gasteiger partial charge in [0.1, 0.15) is 6.07 Å². The molecule has 2 aromatic rings. The van der Waals surface area contributed by atoms with Gasteiger partial charge in [0.25, 0.3) is 0 Å². The van der Waals surface area contributed by atoms with Crippen LogP contribution in [0.5, 0.6) is 5.75 Å². The highest BCUT2D eigenvalue weighted by Crippen LogP contribution is 2.19. The van der Waals surface area contributed by atoms with E-state index in [2.05, 4.69) is 6.07 Å². The first-order valence-electron chi connectivity index (χ1n) is 4.50. The van der Waals surface area contributed by atoms with Gasteiger partial charge in [0, 0.05) is 12.3 Å². The van der Waals surface area contributed by atoms with E-state index in [9.17, 15) is 0 Å². The molecule has 0 unspecified atom stereocenters. The van der Waals surface area contributed by atoms with E-state index in [0.717, 1.165) is 0 Å². The smallest absolute Gasteiger partial charge is 0.173 e. The van der Waals surface area contributed by atoms with Crippen LogP contribution >= 0.6 is 0 Å². The number of rotatable bonds is 2. The average Bonchev–Trinajstić information content (AvgIpc) is 2.82. The summed E-state index contributed by atoms with van der Waals surface area (Å²) in [6, 6.07) is 13.1. The molecule has 2 rings (SSSR count). The SMILES string of the molecule is N#Cc1ccc(On2c[c]cc2)c(C#N)c1. The van der Waals surface area contributed by atoms with Crippen molar-refractivity contribution in [3.8, 4) is 17.9 Å². The third kappa shape index (κ3) is 1.87. The van der Waals surface area contributed by atoms with Crippen LogP contribution in [0.1, 0.15) is 11.1 Å². The van der Waals surface area contributed by atoms with Crippen LogP contribution in [0.25, 0.3) is 0 Å². The van der Waals surface area contributed by atoms with Crippen LogP contribution in [0.15, 0.2) is 36.7 Å². The molecule has 0 aliphatic rings. The van der Waals surface area contributed by atoms with E-state index in [0.29, 0.717) is 16.9 Å². The van der Waals surface area contributed by atoms with Crippen LogP contribution in [0.3, 0.4) is 0 Å². The Morgan fingerprint density at radius 3 is 2.75 bits per heavy atom. The fraction of sp³-hybridized carbons (Fsp3) is 0. The summed E-state index contributed by atoms with van der Waals surface area (Å²) in [6.45, 7) is 0. The zero-order valence-electron chi connectivity index (χ0n) is 8.21. The molecule has 4 heteroatoms. The number of hydrogen-bond acceptors (Lipinski definition) is 3. The number of aromatic nitrogens is 1. The number of benzene rings is 1. The summed E-state index contributed by atoms with van der Waals surface area (Å²) in [7, 11) is 0. The van der Waals surface area contributed by atoms with Crippen molar-refractivity contribution in [2.75, 3.05) is 0 Å². The fourth-order valence-electron chi connectivity index (χ4n) is 1.21. The van der Waals surface area contributed by atoms with Crippen molar-refractivity contribution < 1.29 is 4.84 Å². The highest BCUT2D eigenvalue weighted by molar-refractivity contribution is 5.48. The van der Waals surface area contributed by atoms with Gasteiger partial charge in [-0.05, 0) is 24.3 Å². The second-order valence-corrected chi connectivity index (χ2v) is 3.00. The molecule has 0 fully saturated rings. The summed E-state index contributed by atoms with van der Waals surface area (Å²) < 4.78 is 1.43. The van der Waals surface area contributed by atoms with Gasteiger partial charge in [0.05, 0.1) is 23.4 Å². The Balaban J connectivity index is 2.36. The summed E-state index contributed by atoms with van der Waals surface area (Å²) >= 11 is 0. The molecule has 1 heterocycles. The number of nitrogens with zero attached hydrogens (tertiary/aromatic N) is 3. The minimum atomic E-state index is 0.327. The van der Waals surface area contributed by atoms with E-state index < -0.39 is 0 Å². The lowest BCUT2D eigenvalue weighted by atomic mass is 10.1. The number of hydrogen-bond donors (Lipinski definition) is 0. The van der Waals surface area contributed by atoms with Crippen molar-refractivity contribution in [2.24, 2.45) is 0 Å². The van der Waals surface area contributed by atoms with E-state index in [-0.39, 0.29) is 0 Å². The molecule has 0 spiro atoms. The second kappa shape index (κ2) is 4.20. The van der Waals surface area contributed by atoms with Crippen LogP contribution in [0.4, 0.5) is 0 Å². The average molecular weight is 208 g/mol. The minimum absolute atomic E-state index is 0.327. The van der Waals surface area contributed by atoms with Crippen molar-refractivity contribution in [3.63, 3.8) is 0 Å². The van der Waals surface area contributed by atoms with E-state index in [1.54, 1.807) is 30.6 Å². The van der Waals surface area contributed by atoms with E-state index in [4.69, 9.17) is 15.4 Å². The van der Waals surface area contributed by atoms with Crippen molar-refractivity contribution in [3.05, 3.63) is 53.9 Å². The number of nitriles is 2. The third-order valence-electron chi connectivity index (χ3n) is 1.95. The zero-order valence-corrected chi connectivity index (χ0v) is 8.21. The topological polar surface area (TPSA) is 61.7 Å². The summed E-state index contributed by atoms with van der Waals surface area (Å²) in [5.74, 6) is 0.408. The second-order valence-electron chi connectivity index (χ2n) is 3.00. The molecule has 16 heavy (non-hydrogen) atoms. The molecule has 0 aliphatic heterocycles. The van der Waals surface area contributed by atoms with Gasteiger partial charge < -0.3 is 4.84 Å². The quantitative estimate of drug-likeness (QED) is 0.756. The molecule has 0 saturated carbocycles. The van der Waals surface area contributed by atoms with Crippen LogP contribution < -0.4 is 4.84 Å². The normalized spacial score (nSPS) is 9.12. The fourth-order valence-corrected chi connectivity index (χ4v) is 1.21. The predicted molar refractivity (Wildman–Crippen MR) is 55.2 cm³/mol. The molecule has 0 N–H and O–H groups in total. The van der Waals surface area contributed by atoms with E-state index in [1.165, 1.54) is 10.8 Å². The Morgan fingerprint density at radius 2 is 2.12 bits per heavy atom. The lowest BCUT2D eigenvalue weighted by molar-refractivity contribution is 0.216. The Hall–Kier alpha value is -2.72. The van der Waals surface area contributed by atoms with Crippen molar-refractivity contribution >= 4 is 0 Å². The molecular weight excluding hydrogens is 202 g/mol. The Morgan fingerprint density at radius 1 is 1.25 bits per heavy atom. The summed E-state index contributed by atoms with van der Waals surface area (Å²) in [6.07, 6.45) is 3.26. The molecule has 0 saturated heterocycles. The van der Waals surface area contributed by atoms with Crippen molar-refractivity contribution in [2.45, 2.75) is 0 Å². The van der Waals surface area contributed by atoms with Gasteiger partial charge in [-0.15, -0.1) is 0 Å². The summed E-state index contributed by atoms with van der Waals surface area (Å²) in [5, 5.41) is 17.6. The first-order valence-corrected chi connectivity index (χ1v) is 4.50. The van der Waals surface area contributed by atoms with E-state index in [1.807, 2.05) is 12.1 Å². The Kier molecular flexibility index (Phi) is 2.58. The van der Waals surface area contributed by atoms with Gasteiger partial charge in [-0.1, -0.05) is 0 Å². The molecule has 0 amide bonds. The largest absolute Gasteiger partial charge is 0.374 e. The van der Waals surface area contributed by atoms with Crippen LogP contribution in [0, 0.1) is 28.7 Å². The van der Waals surface area contributed by atoms with Crippen LogP contribution in [0.2, 0.25) is 0 Å². The highest BCUT2D eigenvalue weighted by Gasteiger charge is 2.05. The summed E-state index contributed by atoms with van der Waals surface area (Å²) in [4.78, 5) is 5.39. The molecular formula is C12H6N3O. The maximum Gasteiger partial charge on any atom is 0.173 e. The lowest BCUT2D eigenvalue weighted by Crippen LogP contribution is -2.02. The standard InChI is InChI=1S/C12H6N3O/c13-8-10-3-4-12(11(7-10)9-14)16-15-5-1-2-6-15/h1,3-7H. The van der Waals surface area contributed by atoms with Gasteiger partial charge >= 0.3 is 0 Å². The summed E-state index contributed by atoms with van der Waals surface area (Å²) in [5.41, 5.74) is 0.760. The molecule has 75 valence electrons. The van der Waals surface area contributed by atoms with Gasteiger partial charge in [-0.3, -0.25) is 0 Å². The molecule has 1 radical (unpaired) electrons. The Labute approximate surface area is 92.5 Å². The molecule has 0 aliphatic carbocycles. The van der Waals surface area contributed by atoms with E-state index >= 15 is 0 Å². The zero-order chi connectivity index (χ0) is 11.4. The molecule has 0 bridgehead atoms. The molecule has 1 aromatic carbocycles. The van der Waals surface area contributed by atoms with Crippen LogP contribution in [-0.4, -0.2) is 4.73 Å². The Bertz CT molecular complexity index is 573. The molecule has 4 nitrogen and oxygen atoms in total.